The third-order valence-corrected chi connectivity index (χ3v) is 4.82. The van der Waals surface area contributed by atoms with Gasteiger partial charge in [-0.1, -0.05) is 25.1 Å². The second-order valence-corrected chi connectivity index (χ2v) is 6.50. The number of rotatable bonds is 6. The number of carbonyl (C=O) groups excluding carboxylic acids is 2. The molecular weight excluding hydrogens is 304 g/mol. The number of benzene rings is 1. The van der Waals surface area contributed by atoms with Crippen molar-refractivity contribution in [3.05, 3.63) is 41.0 Å². The topological polar surface area (TPSA) is 52.6 Å². The minimum Gasteiger partial charge on any atom is -0.496 e. The van der Waals surface area contributed by atoms with Crippen LogP contribution in [0.15, 0.2) is 24.3 Å². The van der Waals surface area contributed by atoms with E-state index in [0.717, 1.165) is 34.4 Å². The summed E-state index contributed by atoms with van der Waals surface area (Å²) >= 11 is 0. The molecule has 0 N–H and O–H groups in total. The quantitative estimate of drug-likeness (QED) is 0.592. The summed E-state index contributed by atoms with van der Waals surface area (Å²) in [6.07, 6.45) is 2.21. The second kappa shape index (κ2) is 7.65. The van der Waals surface area contributed by atoms with Gasteiger partial charge in [0.25, 0.3) is 0 Å². The summed E-state index contributed by atoms with van der Waals surface area (Å²) in [6, 6.07) is 4.05. The van der Waals surface area contributed by atoms with E-state index in [0.29, 0.717) is 12.8 Å². The van der Waals surface area contributed by atoms with Gasteiger partial charge in [0.2, 0.25) is 0 Å². The molecule has 1 aliphatic rings. The third kappa shape index (κ3) is 3.69. The minimum atomic E-state index is -0.406. The van der Waals surface area contributed by atoms with Crippen molar-refractivity contribution in [2.45, 2.75) is 39.5 Å². The Balaban J connectivity index is 2.29. The van der Waals surface area contributed by atoms with E-state index in [9.17, 15) is 9.59 Å². The van der Waals surface area contributed by atoms with Crippen molar-refractivity contribution in [1.82, 2.24) is 0 Å². The Morgan fingerprint density at radius 3 is 2.46 bits per heavy atom. The molecule has 0 aromatic heterocycles. The molecule has 0 amide bonds. The molecule has 0 unspecified atom stereocenters. The number of esters is 1. The third-order valence-electron chi connectivity index (χ3n) is 4.82. The van der Waals surface area contributed by atoms with Gasteiger partial charge in [-0.2, -0.15) is 0 Å². The molecule has 2 atom stereocenters. The molecule has 2 rings (SSSR count). The first-order chi connectivity index (χ1) is 11.4. The summed E-state index contributed by atoms with van der Waals surface area (Å²) in [5.74, 6) is -0.275. The predicted molar refractivity (Wildman–Crippen MR) is 93.2 cm³/mol. The van der Waals surface area contributed by atoms with Gasteiger partial charge in [-0.05, 0) is 43.4 Å². The second-order valence-electron chi connectivity index (χ2n) is 6.50. The Labute approximate surface area is 143 Å². The van der Waals surface area contributed by atoms with Crippen LogP contribution in [0.2, 0.25) is 0 Å². The van der Waals surface area contributed by atoms with Crippen molar-refractivity contribution in [3.8, 4) is 5.75 Å². The van der Waals surface area contributed by atoms with Gasteiger partial charge in [0, 0.05) is 17.9 Å². The van der Waals surface area contributed by atoms with Crippen LogP contribution >= 0.6 is 0 Å². The van der Waals surface area contributed by atoms with Crippen LogP contribution in [0.4, 0.5) is 0 Å². The highest BCUT2D eigenvalue weighted by atomic mass is 16.5. The van der Waals surface area contributed by atoms with E-state index in [1.807, 2.05) is 13.0 Å². The van der Waals surface area contributed by atoms with Crippen LogP contribution in [0.5, 0.6) is 5.75 Å². The van der Waals surface area contributed by atoms with E-state index in [2.05, 4.69) is 19.6 Å². The molecule has 1 fully saturated rings. The highest BCUT2D eigenvalue weighted by Crippen LogP contribution is 2.38. The maximum absolute atomic E-state index is 12.9. The summed E-state index contributed by atoms with van der Waals surface area (Å²) in [5, 5.41) is 0. The smallest absolute Gasteiger partial charge is 0.309 e. The number of hydrogen-bond acceptors (Lipinski definition) is 4. The number of allylic oxidation sites excluding steroid dienone is 1. The first-order valence-corrected chi connectivity index (χ1v) is 8.34. The van der Waals surface area contributed by atoms with Crippen LogP contribution in [-0.2, 0) is 27.2 Å². The molecule has 130 valence electrons. The summed E-state index contributed by atoms with van der Waals surface area (Å²) < 4.78 is 10.3. The zero-order valence-corrected chi connectivity index (χ0v) is 15.0. The highest BCUT2D eigenvalue weighted by Gasteiger charge is 2.40. The van der Waals surface area contributed by atoms with Gasteiger partial charge in [0.05, 0.1) is 20.1 Å². The van der Waals surface area contributed by atoms with E-state index in [-0.39, 0.29) is 24.1 Å². The molecule has 1 aliphatic carbocycles. The number of ether oxygens (including phenoxy) is 2. The molecule has 1 aromatic rings. The molecule has 0 bridgehead atoms. The van der Waals surface area contributed by atoms with Crippen molar-refractivity contribution >= 4 is 11.8 Å². The fourth-order valence-electron chi connectivity index (χ4n) is 3.59. The molecule has 0 saturated heterocycles. The molecule has 0 spiro atoms. The zero-order chi connectivity index (χ0) is 17.9. The molecule has 4 nitrogen and oxygen atoms in total. The summed E-state index contributed by atoms with van der Waals surface area (Å²) in [5.41, 5.74) is 4.10. The fraction of sp³-hybridized carbons (Fsp3) is 0.500. The number of ketones is 1. The Morgan fingerprint density at radius 1 is 1.21 bits per heavy atom. The monoisotopic (exact) mass is 330 g/mol. The van der Waals surface area contributed by atoms with Crippen molar-refractivity contribution in [2.75, 3.05) is 14.2 Å². The maximum atomic E-state index is 12.9. The van der Waals surface area contributed by atoms with Crippen LogP contribution in [0, 0.1) is 18.8 Å². The van der Waals surface area contributed by atoms with Crippen molar-refractivity contribution < 1.29 is 19.1 Å². The minimum absolute atomic E-state index is 0.0564. The lowest BCUT2D eigenvalue weighted by Crippen LogP contribution is -2.28. The number of methoxy groups -OCH3 is 2. The van der Waals surface area contributed by atoms with Gasteiger partial charge in [0.15, 0.2) is 0 Å². The molecule has 24 heavy (non-hydrogen) atoms. The SMILES string of the molecule is C=C1C[C@@H](C(=O)Cc2c(CC)cc(C)cc2OC)[C@H](C(=O)OC)C1. The first-order valence-electron chi connectivity index (χ1n) is 8.34. The zero-order valence-electron chi connectivity index (χ0n) is 15.0. The Kier molecular flexibility index (Phi) is 5.81. The van der Waals surface area contributed by atoms with Gasteiger partial charge in [-0.25, -0.2) is 0 Å². The van der Waals surface area contributed by atoms with Gasteiger partial charge >= 0.3 is 5.97 Å². The van der Waals surface area contributed by atoms with Crippen LogP contribution in [0.3, 0.4) is 0 Å². The molecule has 0 aliphatic heterocycles. The van der Waals surface area contributed by atoms with E-state index in [4.69, 9.17) is 9.47 Å². The van der Waals surface area contributed by atoms with Crippen molar-refractivity contribution in [2.24, 2.45) is 11.8 Å². The van der Waals surface area contributed by atoms with Gasteiger partial charge in [-0.3, -0.25) is 9.59 Å². The lowest BCUT2D eigenvalue weighted by Gasteiger charge is -2.19. The lowest BCUT2D eigenvalue weighted by molar-refractivity contribution is -0.148. The Hall–Kier alpha value is -2.10. The number of carbonyl (C=O) groups is 2. The van der Waals surface area contributed by atoms with Crippen LogP contribution in [-0.4, -0.2) is 26.0 Å². The molecule has 1 saturated carbocycles. The van der Waals surface area contributed by atoms with Crippen molar-refractivity contribution in [1.29, 1.82) is 0 Å². The normalized spacial score (nSPS) is 20.1. The van der Waals surface area contributed by atoms with E-state index in [1.54, 1.807) is 7.11 Å². The highest BCUT2D eigenvalue weighted by molar-refractivity contribution is 5.90. The van der Waals surface area contributed by atoms with Crippen LogP contribution in [0.25, 0.3) is 0 Å². The predicted octanol–water partition coefficient (Wildman–Crippen LogP) is 3.43. The average molecular weight is 330 g/mol. The van der Waals surface area contributed by atoms with Gasteiger partial charge < -0.3 is 9.47 Å². The summed E-state index contributed by atoms with van der Waals surface area (Å²) in [4.78, 5) is 24.9. The lowest BCUT2D eigenvalue weighted by atomic mass is 9.87. The molecule has 0 heterocycles. The first kappa shape index (κ1) is 18.2. The van der Waals surface area contributed by atoms with E-state index < -0.39 is 5.92 Å². The van der Waals surface area contributed by atoms with Gasteiger partial charge in [0.1, 0.15) is 11.5 Å². The van der Waals surface area contributed by atoms with Crippen LogP contribution in [0.1, 0.15) is 36.5 Å². The standard InChI is InChI=1S/C20H26O4/c1-6-14-7-12(2)10-19(23-4)15(14)11-18(21)16-8-13(3)9-17(16)20(22)24-5/h7,10,16-17H,3,6,8-9,11H2,1-2,4-5H3/t16-,17-/m1/s1. The van der Waals surface area contributed by atoms with Gasteiger partial charge in [-0.15, -0.1) is 0 Å². The van der Waals surface area contributed by atoms with Crippen LogP contribution < -0.4 is 4.74 Å². The molecule has 4 heteroatoms. The maximum Gasteiger partial charge on any atom is 0.309 e. The molecular formula is C20H26O4. The largest absolute Gasteiger partial charge is 0.496 e. The number of aryl methyl sites for hydroxylation is 2. The average Bonchev–Trinajstić information content (AvgIpc) is 2.96. The van der Waals surface area contributed by atoms with Crippen molar-refractivity contribution in [3.63, 3.8) is 0 Å². The fourth-order valence-corrected chi connectivity index (χ4v) is 3.59. The number of hydrogen-bond donors (Lipinski definition) is 0. The Morgan fingerprint density at radius 2 is 1.88 bits per heavy atom. The molecule has 1 aromatic carbocycles. The number of Topliss-reactive ketones (excluding diaryl/α,β-unsaturated/α-hetero) is 1. The summed E-state index contributed by atoms with van der Waals surface area (Å²) in [6.45, 7) is 8.04. The Bertz CT molecular complexity index is 635. The molecule has 0 radical (unpaired) electrons. The summed E-state index contributed by atoms with van der Waals surface area (Å²) in [7, 11) is 2.99. The van der Waals surface area contributed by atoms with E-state index in [1.165, 1.54) is 7.11 Å². The van der Waals surface area contributed by atoms with E-state index >= 15 is 0 Å².